The number of nitrogens with zero attached hydrogens (tertiary/aromatic N) is 1. The number of halogens is 1. The van der Waals surface area contributed by atoms with Crippen LogP contribution in [0.15, 0.2) is 24.3 Å². The lowest BCUT2D eigenvalue weighted by Crippen LogP contribution is -2.51. The van der Waals surface area contributed by atoms with Gasteiger partial charge in [-0.3, -0.25) is 4.79 Å². The summed E-state index contributed by atoms with van der Waals surface area (Å²) in [7, 11) is 0. The van der Waals surface area contributed by atoms with Crippen LogP contribution in [0.25, 0.3) is 0 Å². The topological polar surface area (TPSA) is 61.4 Å². The summed E-state index contributed by atoms with van der Waals surface area (Å²) in [6, 6.07) is 7.68. The average Bonchev–Trinajstić information content (AvgIpc) is 2.56. The number of carbonyl (C=O) groups is 2. The summed E-state index contributed by atoms with van der Waals surface area (Å²) in [6.45, 7) is 7.03. The third-order valence-electron chi connectivity index (χ3n) is 4.36. The van der Waals surface area contributed by atoms with Crippen LogP contribution >= 0.6 is 11.6 Å². The summed E-state index contributed by atoms with van der Waals surface area (Å²) in [5.41, 5.74) is 1.03. The first kappa shape index (κ1) is 19.6. The summed E-state index contributed by atoms with van der Waals surface area (Å²) in [5, 5.41) is 6.68. The molecule has 3 amide bonds. The van der Waals surface area contributed by atoms with Gasteiger partial charge >= 0.3 is 6.03 Å². The van der Waals surface area contributed by atoms with E-state index >= 15 is 0 Å². The standard InChI is InChI=1S/C19H28ClN3O2/c1-13(2)21-19(25)23-10-6-8-16(12-23)18(24)22-14(3)11-15-7-4-5-9-17(15)20/h4-5,7,9,13-14,16H,6,8,10-12H2,1-3H3,(H,21,25)(H,22,24)/t14-,16-/m0/s1. The number of hydrogen-bond donors (Lipinski definition) is 2. The molecule has 2 atom stereocenters. The van der Waals surface area contributed by atoms with Crippen molar-refractivity contribution in [2.24, 2.45) is 5.92 Å². The van der Waals surface area contributed by atoms with Gasteiger partial charge in [0.05, 0.1) is 5.92 Å². The zero-order chi connectivity index (χ0) is 18.4. The van der Waals surface area contributed by atoms with E-state index in [4.69, 9.17) is 11.6 Å². The van der Waals surface area contributed by atoms with Crippen LogP contribution in [0.1, 0.15) is 39.2 Å². The number of rotatable bonds is 5. The van der Waals surface area contributed by atoms with Crippen molar-refractivity contribution >= 4 is 23.5 Å². The fraction of sp³-hybridized carbons (Fsp3) is 0.579. The second-order valence-corrected chi connectivity index (χ2v) is 7.50. The van der Waals surface area contributed by atoms with Gasteiger partial charge in [-0.05, 0) is 51.7 Å². The molecule has 5 nitrogen and oxygen atoms in total. The Kier molecular flexibility index (Phi) is 7.12. The maximum Gasteiger partial charge on any atom is 0.317 e. The molecule has 0 unspecified atom stereocenters. The molecular formula is C19H28ClN3O2. The molecule has 0 bridgehead atoms. The first-order valence-electron chi connectivity index (χ1n) is 8.96. The van der Waals surface area contributed by atoms with Crippen molar-refractivity contribution in [1.29, 1.82) is 0 Å². The molecule has 1 fully saturated rings. The number of urea groups is 1. The van der Waals surface area contributed by atoms with Gasteiger partial charge in [-0.15, -0.1) is 0 Å². The fourth-order valence-electron chi connectivity index (χ4n) is 3.12. The highest BCUT2D eigenvalue weighted by Gasteiger charge is 2.29. The summed E-state index contributed by atoms with van der Waals surface area (Å²) in [6.07, 6.45) is 2.36. The predicted octanol–water partition coefficient (Wildman–Crippen LogP) is 3.22. The largest absolute Gasteiger partial charge is 0.353 e. The van der Waals surface area contributed by atoms with E-state index < -0.39 is 0 Å². The van der Waals surface area contributed by atoms with Gasteiger partial charge < -0.3 is 15.5 Å². The quantitative estimate of drug-likeness (QED) is 0.841. The minimum atomic E-state index is -0.152. The molecule has 0 aliphatic carbocycles. The lowest BCUT2D eigenvalue weighted by molar-refractivity contribution is -0.126. The predicted molar refractivity (Wildman–Crippen MR) is 101 cm³/mol. The van der Waals surface area contributed by atoms with E-state index in [1.54, 1.807) is 4.90 Å². The number of amides is 3. The molecule has 0 spiro atoms. The molecule has 1 aliphatic heterocycles. The number of benzene rings is 1. The zero-order valence-corrected chi connectivity index (χ0v) is 16.0. The number of carbonyl (C=O) groups excluding carboxylic acids is 2. The highest BCUT2D eigenvalue weighted by Crippen LogP contribution is 2.19. The van der Waals surface area contributed by atoms with Crippen LogP contribution in [-0.2, 0) is 11.2 Å². The Hall–Kier alpha value is -1.75. The normalized spacial score (nSPS) is 18.8. The van der Waals surface area contributed by atoms with Crippen LogP contribution in [-0.4, -0.2) is 42.0 Å². The summed E-state index contributed by atoms with van der Waals surface area (Å²) >= 11 is 6.19. The molecule has 138 valence electrons. The first-order chi connectivity index (χ1) is 11.9. The van der Waals surface area contributed by atoms with Gasteiger partial charge in [0.15, 0.2) is 0 Å². The number of hydrogen-bond acceptors (Lipinski definition) is 2. The second-order valence-electron chi connectivity index (χ2n) is 7.09. The third kappa shape index (κ3) is 5.92. The average molecular weight is 366 g/mol. The van der Waals surface area contributed by atoms with Gasteiger partial charge in [0.1, 0.15) is 0 Å². The van der Waals surface area contributed by atoms with Crippen molar-refractivity contribution in [3.05, 3.63) is 34.9 Å². The molecule has 0 radical (unpaired) electrons. The number of nitrogens with one attached hydrogen (secondary N) is 2. The van der Waals surface area contributed by atoms with E-state index in [1.807, 2.05) is 45.0 Å². The smallest absolute Gasteiger partial charge is 0.317 e. The summed E-state index contributed by atoms with van der Waals surface area (Å²) < 4.78 is 0. The van der Waals surface area contributed by atoms with Crippen LogP contribution in [0, 0.1) is 5.92 Å². The van der Waals surface area contributed by atoms with E-state index in [1.165, 1.54) is 0 Å². The fourth-order valence-corrected chi connectivity index (χ4v) is 3.33. The van der Waals surface area contributed by atoms with Crippen LogP contribution in [0.3, 0.4) is 0 Å². The van der Waals surface area contributed by atoms with Crippen LogP contribution in [0.5, 0.6) is 0 Å². The monoisotopic (exact) mass is 365 g/mol. The van der Waals surface area contributed by atoms with Crippen molar-refractivity contribution in [3.63, 3.8) is 0 Å². The maximum atomic E-state index is 12.6. The highest BCUT2D eigenvalue weighted by atomic mass is 35.5. The van der Waals surface area contributed by atoms with E-state index in [0.29, 0.717) is 19.5 Å². The van der Waals surface area contributed by atoms with Gasteiger partial charge in [0.2, 0.25) is 5.91 Å². The third-order valence-corrected chi connectivity index (χ3v) is 4.73. The molecule has 0 saturated carbocycles. The van der Waals surface area contributed by atoms with Crippen molar-refractivity contribution in [2.45, 2.75) is 52.1 Å². The van der Waals surface area contributed by atoms with E-state index in [0.717, 1.165) is 23.4 Å². The molecule has 1 aromatic carbocycles. The Balaban J connectivity index is 1.87. The molecule has 1 aliphatic rings. The van der Waals surface area contributed by atoms with Crippen molar-refractivity contribution < 1.29 is 9.59 Å². The SMILES string of the molecule is CC(C)NC(=O)N1CCC[C@H](C(=O)N[C@@H](C)Cc2ccccc2Cl)C1. The van der Waals surface area contributed by atoms with E-state index in [2.05, 4.69) is 10.6 Å². The second kappa shape index (κ2) is 9.09. The molecule has 1 aromatic rings. The number of piperidine rings is 1. The first-order valence-corrected chi connectivity index (χ1v) is 9.33. The molecule has 0 aromatic heterocycles. The lowest BCUT2D eigenvalue weighted by Gasteiger charge is -2.33. The zero-order valence-electron chi connectivity index (χ0n) is 15.2. The molecular weight excluding hydrogens is 338 g/mol. The minimum Gasteiger partial charge on any atom is -0.353 e. The molecule has 1 saturated heterocycles. The number of likely N-dealkylation sites (tertiary alicyclic amines) is 1. The van der Waals surface area contributed by atoms with Crippen LogP contribution in [0.2, 0.25) is 5.02 Å². The van der Waals surface area contributed by atoms with Crippen molar-refractivity contribution in [2.75, 3.05) is 13.1 Å². The van der Waals surface area contributed by atoms with Crippen molar-refractivity contribution in [1.82, 2.24) is 15.5 Å². The van der Waals surface area contributed by atoms with Crippen LogP contribution in [0.4, 0.5) is 4.79 Å². The Labute approximate surface area is 155 Å². The maximum absolute atomic E-state index is 12.6. The van der Waals surface area contributed by atoms with Crippen molar-refractivity contribution in [3.8, 4) is 0 Å². The van der Waals surface area contributed by atoms with Gasteiger partial charge in [-0.2, -0.15) is 0 Å². The summed E-state index contributed by atoms with van der Waals surface area (Å²) in [4.78, 5) is 26.5. The summed E-state index contributed by atoms with van der Waals surface area (Å²) in [5.74, 6) is -0.137. The Morgan fingerprint density at radius 1 is 1.24 bits per heavy atom. The Morgan fingerprint density at radius 2 is 1.96 bits per heavy atom. The highest BCUT2D eigenvalue weighted by molar-refractivity contribution is 6.31. The molecule has 2 rings (SSSR count). The Morgan fingerprint density at radius 3 is 2.64 bits per heavy atom. The molecule has 2 N–H and O–H groups in total. The van der Waals surface area contributed by atoms with E-state index in [-0.39, 0.29) is 29.9 Å². The van der Waals surface area contributed by atoms with E-state index in [9.17, 15) is 9.59 Å². The van der Waals surface area contributed by atoms with Gasteiger partial charge in [0.25, 0.3) is 0 Å². The Bertz CT molecular complexity index is 606. The van der Waals surface area contributed by atoms with Gasteiger partial charge in [-0.25, -0.2) is 4.79 Å². The van der Waals surface area contributed by atoms with Gasteiger partial charge in [-0.1, -0.05) is 29.8 Å². The van der Waals surface area contributed by atoms with Crippen LogP contribution < -0.4 is 10.6 Å². The molecule has 6 heteroatoms. The molecule has 25 heavy (non-hydrogen) atoms. The lowest BCUT2D eigenvalue weighted by atomic mass is 9.96. The molecule has 1 heterocycles. The minimum absolute atomic E-state index is 0.00716. The van der Waals surface area contributed by atoms with Gasteiger partial charge in [0, 0.05) is 30.2 Å².